The summed E-state index contributed by atoms with van der Waals surface area (Å²) in [7, 11) is 0. The number of imide groups is 1. The van der Waals surface area contributed by atoms with Crippen LogP contribution in [-0.4, -0.2) is 55.5 Å². The molecule has 3 heterocycles. The molecule has 0 spiro atoms. The fourth-order valence-electron chi connectivity index (χ4n) is 2.70. The molecule has 33 heavy (non-hydrogen) atoms. The SMILES string of the molecule is O=C(CCNC(=O)c1cnc(Sc2nnc(-c3ccccc3)o2)nc1)ON1C(=O)CCC1=O. The van der Waals surface area contributed by atoms with Gasteiger partial charge in [0.1, 0.15) is 0 Å². The fraction of sp³-hybridized carbons (Fsp3) is 0.200. The van der Waals surface area contributed by atoms with Gasteiger partial charge in [0.2, 0.25) is 5.89 Å². The lowest BCUT2D eigenvalue weighted by atomic mass is 10.2. The van der Waals surface area contributed by atoms with Crippen LogP contribution in [0.2, 0.25) is 0 Å². The van der Waals surface area contributed by atoms with Crippen LogP contribution in [0.25, 0.3) is 11.5 Å². The number of carbonyl (C=O) groups excluding carboxylic acids is 4. The van der Waals surface area contributed by atoms with Gasteiger partial charge in [0, 0.05) is 49.1 Å². The zero-order valence-electron chi connectivity index (χ0n) is 17.0. The summed E-state index contributed by atoms with van der Waals surface area (Å²) in [5.41, 5.74) is 0.959. The molecule has 0 saturated carbocycles. The summed E-state index contributed by atoms with van der Waals surface area (Å²) in [5.74, 6) is -2.08. The summed E-state index contributed by atoms with van der Waals surface area (Å²) in [5, 5.41) is 11.5. The van der Waals surface area contributed by atoms with Crippen molar-refractivity contribution >= 4 is 35.5 Å². The first-order valence-corrected chi connectivity index (χ1v) is 10.5. The molecule has 12 nitrogen and oxygen atoms in total. The Morgan fingerprint density at radius 2 is 1.76 bits per heavy atom. The van der Waals surface area contributed by atoms with Crippen LogP contribution < -0.4 is 5.32 Å². The first-order chi connectivity index (χ1) is 16.0. The van der Waals surface area contributed by atoms with Crippen molar-refractivity contribution in [1.82, 2.24) is 30.5 Å². The molecule has 0 aliphatic carbocycles. The van der Waals surface area contributed by atoms with Gasteiger partial charge in [0.05, 0.1) is 12.0 Å². The van der Waals surface area contributed by atoms with Gasteiger partial charge in [0.15, 0.2) is 5.16 Å². The van der Waals surface area contributed by atoms with Gasteiger partial charge >= 0.3 is 5.97 Å². The van der Waals surface area contributed by atoms with Crippen molar-refractivity contribution in [2.75, 3.05) is 6.54 Å². The normalized spacial score (nSPS) is 13.3. The number of hydroxylamine groups is 2. The van der Waals surface area contributed by atoms with E-state index in [9.17, 15) is 19.2 Å². The van der Waals surface area contributed by atoms with E-state index in [2.05, 4.69) is 25.5 Å². The number of nitrogens with zero attached hydrogens (tertiary/aromatic N) is 5. The van der Waals surface area contributed by atoms with Gasteiger partial charge < -0.3 is 14.6 Å². The lowest BCUT2D eigenvalue weighted by molar-refractivity contribution is -0.197. The molecule has 1 aromatic carbocycles. The largest absolute Gasteiger partial charge is 0.411 e. The number of hydrogen-bond donors (Lipinski definition) is 1. The van der Waals surface area contributed by atoms with Gasteiger partial charge in [-0.3, -0.25) is 14.4 Å². The Morgan fingerprint density at radius 3 is 2.45 bits per heavy atom. The van der Waals surface area contributed by atoms with Crippen molar-refractivity contribution in [2.45, 2.75) is 29.6 Å². The van der Waals surface area contributed by atoms with E-state index < -0.39 is 23.7 Å². The van der Waals surface area contributed by atoms with Crippen LogP contribution in [0.1, 0.15) is 29.6 Å². The zero-order valence-corrected chi connectivity index (χ0v) is 17.8. The first kappa shape index (κ1) is 22.1. The molecule has 0 atom stereocenters. The predicted octanol–water partition coefficient (Wildman–Crippen LogP) is 1.40. The van der Waals surface area contributed by atoms with Gasteiger partial charge in [-0.2, -0.15) is 0 Å². The smallest absolute Gasteiger partial charge is 0.334 e. The lowest BCUT2D eigenvalue weighted by Gasteiger charge is -2.12. The van der Waals surface area contributed by atoms with Gasteiger partial charge in [-0.1, -0.05) is 18.2 Å². The molecule has 3 amide bonds. The van der Waals surface area contributed by atoms with E-state index in [-0.39, 0.29) is 36.6 Å². The molecule has 1 fully saturated rings. The number of nitrogens with one attached hydrogen (secondary N) is 1. The number of amides is 3. The van der Waals surface area contributed by atoms with Crippen LogP contribution in [0, 0.1) is 0 Å². The summed E-state index contributed by atoms with van der Waals surface area (Å²) in [6.07, 6.45) is 2.44. The monoisotopic (exact) mass is 468 g/mol. The van der Waals surface area contributed by atoms with Crippen molar-refractivity contribution in [1.29, 1.82) is 0 Å². The van der Waals surface area contributed by atoms with E-state index in [0.29, 0.717) is 16.1 Å². The maximum absolute atomic E-state index is 12.2. The van der Waals surface area contributed by atoms with Crippen molar-refractivity contribution < 1.29 is 28.4 Å². The number of carbonyl (C=O) groups is 4. The Kier molecular flexibility index (Phi) is 6.69. The maximum Gasteiger partial charge on any atom is 0.334 e. The van der Waals surface area contributed by atoms with Gasteiger partial charge in [0.25, 0.3) is 22.9 Å². The minimum Gasteiger partial charge on any atom is -0.411 e. The van der Waals surface area contributed by atoms with E-state index in [1.807, 2.05) is 30.3 Å². The Labute approximate surface area is 190 Å². The number of hydrogen-bond acceptors (Lipinski definition) is 11. The molecule has 3 aromatic rings. The molecule has 4 rings (SSSR count). The van der Waals surface area contributed by atoms with Crippen LogP contribution in [0.4, 0.5) is 0 Å². The van der Waals surface area contributed by atoms with Crippen LogP contribution in [-0.2, 0) is 19.2 Å². The molecule has 1 N–H and O–H groups in total. The number of benzene rings is 1. The third-order valence-corrected chi connectivity index (χ3v) is 5.04. The Balaban J connectivity index is 1.24. The Bertz CT molecular complexity index is 1170. The summed E-state index contributed by atoms with van der Waals surface area (Å²) < 4.78 is 5.58. The Hall–Kier alpha value is -4.13. The quantitative estimate of drug-likeness (QED) is 0.376. The second-order valence-electron chi connectivity index (χ2n) is 6.65. The second kappa shape index (κ2) is 9.99. The van der Waals surface area contributed by atoms with Gasteiger partial charge in [-0.25, -0.2) is 14.8 Å². The number of aromatic nitrogens is 4. The van der Waals surface area contributed by atoms with Gasteiger partial charge in [-0.05, 0) is 12.1 Å². The zero-order chi connectivity index (χ0) is 23.2. The molecule has 0 radical (unpaired) electrons. The van der Waals surface area contributed by atoms with Crippen LogP contribution in [0.5, 0.6) is 0 Å². The highest BCUT2D eigenvalue weighted by Crippen LogP contribution is 2.26. The topological polar surface area (TPSA) is 157 Å². The van der Waals surface area contributed by atoms with Crippen molar-refractivity contribution in [3.05, 3.63) is 48.3 Å². The molecular formula is C20H16N6O6S. The molecular weight excluding hydrogens is 452 g/mol. The average Bonchev–Trinajstić information content (AvgIpc) is 3.42. The average molecular weight is 468 g/mol. The third-order valence-electron chi connectivity index (χ3n) is 4.31. The van der Waals surface area contributed by atoms with E-state index in [1.165, 1.54) is 12.4 Å². The van der Waals surface area contributed by atoms with E-state index in [1.54, 1.807) is 0 Å². The fourth-order valence-corrected chi connectivity index (χ4v) is 3.27. The maximum atomic E-state index is 12.2. The molecule has 13 heteroatoms. The highest BCUT2D eigenvalue weighted by molar-refractivity contribution is 7.98. The van der Waals surface area contributed by atoms with Crippen LogP contribution in [0.3, 0.4) is 0 Å². The third kappa shape index (κ3) is 5.57. The molecule has 1 aliphatic rings. The summed E-state index contributed by atoms with van der Waals surface area (Å²) in [4.78, 5) is 59.7. The molecule has 168 valence electrons. The minimum atomic E-state index is -0.809. The predicted molar refractivity (Wildman–Crippen MR) is 110 cm³/mol. The van der Waals surface area contributed by atoms with E-state index in [4.69, 9.17) is 9.25 Å². The molecule has 1 saturated heterocycles. The van der Waals surface area contributed by atoms with Crippen LogP contribution >= 0.6 is 11.8 Å². The molecule has 0 bridgehead atoms. The van der Waals surface area contributed by atoms with E-state index >= 15 is 0 Å². The second-order valence-corrected chi connectivity index (χ2v) is 7.57. The lowest BCUT2D eigenvalue weighted by Crippen LogP contribution is -2.34. The highest BCUT2D eigenvalue weighted by atomic mass is 32.2. The van der Waals surface area contributed by atoms with Gasteiger partial charge in [-0.15, -0.1) is 15.3 Å². The standard InChI is InChI=1S/C20H16N6O6S/c27-14-6-7-15(28)26(14)32-16(29)8-9-21-17(30)13-10-22-19(23-11-13)33-20-25-24-18(31-20)12-4-2-1-3-5-12/h1-5,10-11H,6-9H2,(H,21,30). The van der Waals surface area contributed by atoms with E-state index in [0.717, 1.165) is 17.3 Å². The minimum absolute atomic E-state index is 0.0117. The summed E-state index contributed by atoms with van der Waals surface area (Å²) in [6.45, 7) is -0.0609. The van der Waals surface area contributed by atoms with Crippen molar-refractivity contribution in [3.63, 3.8) is 0 Å². The summed E-state index contributed by atoms with van der Waals surface area (Å²) >= 11 is 1.05. The number of rotatable bonds is 8. The van der Waals surface area contributed by atoms with Crippen LogP contribution in [0.15, 0.2) is 57.5 Å². The molecule has 2 aromatic heterocycles. The Morgan fingerprint density at radius 1 is 1.06 bits per heavy atom. The van der Waals surface area contributed by atoms with Crippen molar-refractivity contribution in [3.8, 4) is 11.5 Å². The summed E-state index contributed by atoms with van der Waals surface area (Å²) in [6, 6.07) is 9.29. The first-order valence-electron chi connectivity index (χ1n) is 9.73. The molecule has 0 unspecified atom stereocenters. The highest BCUT2D eigenvalue weighted by Gasteiger charge is 2.32. The molecule has 1 aliphatic heterocycles. The van der Waals surface area contributed by atoms with Crippen molar-refractivity contribution in [2.24, 2.45) is 0 Å².